The van der Waals surface area contributed by atoms with E-state index in [0.717, 1.165) is 38.4 Å². The van der Waals surface area contributed by atoms with E-state index in [1.807, 2.05) is 12.2 Å². The maximum absolute atomic E-state index is 13.6. The number of hydrogen-bond donors (Lipinski definition) is 2. The summed E-state index contributed by atoms with van der Waals surface area (Å²) < 4.78 is 45.5. The average molecular weight is 527 g/mol. The Labute approximate surface area is 213 Å². The van der Waals surface area contributed by atoms with Crippen LogP contribution in [0.3, 0.4) is 0 Å². The second-order valence-corrected chi connectivity index (χ2v) is 11.0. The molecule has 0 saturated carbocycles. The molecule has 0 bridgehead atoms. The van der Waals surface area contributed by atoms with Crippen molar-refractivity contribution in [2.75, 3.05) is 45.7 Å². The number of rotatable bonds is 6. The number of ether oxygens (including phenoxy) is 1. The number of carbonyl (C=O) groups is 1. The van der Waals surface area contributed by atoms with Gasteiger partial charge in [0.1, 0.15) is 17.4 Å². The number of likely N-dealkylation sites (N-methyl/N-ethyl adjacent to an activating group) is 1. The molecule has 1 fully saturated rings. The Balaban J connectivity index is 1.35. The van der Waals surface area contributed by atoms with Crippen molar-refractivity contribution in [2.24, 2.45) is 0 Å². The Morgan fingerprint density at radius 2 is 1.97 bits per heavy atom. The Hall–Kier alpha value is -3.45. The molecule has 1 amide bonds. The van der Waals surface area contributed by atoms with Crippen LogP contribution >= 0.6 is 0 Å². The minimum absolute atomic E-state index is 0.142. The van der Waals surface area contributed by atoms with Crippen LogP contribution < -0.4 is 5.32 Å². The van der Waals surface area contributed by atoms with Crippen LogP contribution in [0.15, 0.2) is 70.1 Å². The fourth-order valence-corrected chi connectivity index (χ4v) is 5.82. The molecule has 3 aromatic rings. The second-order valence-electron chi connectivity index (χ2n) is 9.09. The first-order valence-corrected chi connectivity index (χ1v) is 13.2. The van der Waals surface area contributed by atoms with Gasteiger partial charge < -0.3 is 15.0 Å². The van der Waals surface area contributed by atoms with Crippen LogP contribution in [0.4, 0.5) is 10.2 Å². The molecule has 1 aliphatic heterocycles. The first-order valence-electron chi connectivity index (χ1n) is 11.8. The number of nitrogens with zero attached hydrogens (tertiary/aromatic N) is 4. The molecule has 10 nitrogen and oxygen atoms in total. The van der Waals surface area contributed by atoms with Crippen LogP contribution in [0.2, 0.25) is 0 Å². The molecule has 0 radical (unpaired) electrons. The molecule has 1 aliphatic carbocycles. The molecule has 5 rings (SSSR count). The predicted octanol–water partition coefficient (Wildman–Crippen LogP) is 2.34. The minimum Gasteiger partial charge on any atom is -0.360 e. The molecule has 0 spiro atoms. The summed E-state index contributed by atoms with van der Waals surface area (Å²) in [6.45, 7) is 3.60. The van der Waals surface area contributed by atoms with E-state index in [0.29, 0.717) is 17.4 Å². The van der Waals surface area contributed by atoms with E-state index in [9.17, 15) is 17.6 Å². The van der Waals surface area contributed by atoms with Gasteiger partial charge in [0.15, 0.2) is 5.65 Å². The van der Waals surface area contributed by atoms with Gasteiger partial charge in [-0.3, -0.25) is 14.8 Å². The summed E-state index contributed by atoms with van der Waals surface area (Å²) in [5.41, 5.74) is 0.0756. The number of aromatic amines is 1. The monoisotopic (exact) mass is 526 g/mol. The zero-order valence-corrected chi connectivity index (χ0v) is 21.3. The second kappa shape index (κ2) is 9.78. The van der Waals surface area contributed by atoms with Crippen molar-refractivity contribution in [3.8, 4) is 0 Å². The summed E-state index contributed by atoms with van der Waals surface area (Å²) >= 11 is 0. The number of amides is 1. The van der Waals surface area contributed by atoms with Gasteiger partial charge in [0.25, 0.3) is 5.91 Å². The van der Waals surface area contributed by atoms with Crippen LogP contribution in [0.1, 0.15) is 6.42 Å². The summed E-state index contributed by atoms with van der Waals surface area (Å²) in [7, 11) is -0.273. The fraction of sp³-hybridized carbons (Fsp3) is 0.320. The number of H-pyrrole nitrogens is 1. The van der Waals surface area contributed by atoms with Crippen LogP contribution in [0.25, 0.3) is 11.0 Å². The van der Waals surface area contributed by atoms with Gasteiger partial charge >= 0.3 is 0 Å². The van der Waals surface area contributed by atoms with Gasteiger partial charge in [-0.15, -0.1) is 0 Å². The highest BCUT2D eigenvalue weighted by molar-refractivity contribution is 7.91. The van der Waals surface area contributed by atoms with Crippen LogP contribution in [-0.2, 0) is 19.4 Å². The van der Waals surface area contributed by atoms with Gasteiger partial charge in [0, 0.05) is 51.5 Å². The summed E-state index contributed by atoms with van der Waals surface area (Å²) in [5.74, 6) is -0.839. The first-order chi connectivity index (χ1) is 17.7. The standard InChI is InChI=1S/C25H27FN6O4S/c1-31-10-12-32(13-11-31)25(36-2)8-6-17(7-9-25)24(33)28-23-21-15-20(16-27-22(21)29-30-23)37(34,35)19-5-3-4-18(26)14-19/h3-8,14-16H,9-13H2,1-2H3,(H2,27,28,29,30,33). The van der Waals surface area contributed by atoms with E-state index in [2.05, 4.69) is 37.3 Å². The van der Waals surface area contributed by atoms with E-state index in [4.69, 9.17) is 4.74 Å². The van der Waals surface area contributed by atoms with E-state index >= 15 is 0 Å². The first kappa shape index (κ1) is 25.2. The third-order valence-electron chi connectivity index (χ3n) is 6.83. The number of anilines is 1. The van der Waals surface area contributed by atoms with Crippen molar-refractivity contribution in [1.82, 2.24) is 25.0 Å². The predicted molar refractivity (Wildman–Crippen MR) is 135 cm³/mol. The molecular formula is C25H27FN6O4S. The Kier molecular flexibility index (Phi) is 6.67. The lowest BCUT2D eigenvalue weighted by Gasteiger charge is -2.45. The van der Waals surface area contributed by atoms with Crippen molar-refractivity contribution >= 4 is 32.6 Å². The number of benzene rings is 1. The summed E-state index contributed by atoms with van der Waals surface area (Å²) in [4.78, 5) is 21.3. The Morgan fingerprint density at radius 1 is 1.19 bits per heavy atom. The lowest BCUT2D eigenvalue weighted by Crippen LogP contribution is -2.56. The number of carbonyl (C=O) groups excluding carboxylic acids is 1. The normalized spacial score (nSPS) is 21.2. The number of aromatic nitrogens is 3. The molecule has 2 aliphatic rings. The van der Waals surface area contributed by atoms with Crippen molar-refractivity contribution in [2.45, 2.75) is 21.9 Å². The molecular weight excluding hydrogens is 499 g/mol. The molecule has 194 valence electrons. The molecule has 1 atom stereocenters. The zero-order valence-electron chi connectivity index (χ0n) is 20.4. The van der Waals surface area contributed by atoms with E-state index in [-0.39, 0.29) is 27.2 Å². The summed E-state index contributed by atoms with van der Waals surface area (Å²) in [6, 6.07) is 6.11. The number of halogens is 1. The number of fused-ring (bicyclic) bond motifs is 1. The number of nitrogens with one attached hydrogen (secondary N) is 2. The SMILES string of the molecule is COC1(N2CCN(C)CC2)C=CC(C(=O)Nc2[nH]nc3ncc(S(=O)(=O)c4cccc(F)c4)cc23)=CC1. The molecule has 3 heterocycles. The largest absolute Gasteiger partial charge is 0.360 e. The van der Waals surface area contributed by atoms with Gasteiger partial charge in [-0.1, -0.05) is 12.1 Å². The number of methoxy groups -OCH3 is 1. The third-order valence-corrected chi connectivity index (χ3v) is 8.55. The van der Waals surface area contributed by atoms with E-state index < -0.39 is 21.4 Å². The van der Waals surface area contributed by atoms with Crippen molar-refractivity contribution < 1.29 is 22.3 Å². The molecule has 1 unspecified atom stereocenters. The highest BCUT2D eigenvalue weighted by atomic mass is 32.2. The van der Waals surface area contributed by atoms with Crippen molar-refractivity contribution in [1.29, 1.82) is 0 Å². The fourth-order valence-electron chi connectivity index (χ4n) is 4.56. The molecule has 1 saturated heterocycles. The van der Waals surface area contributed by atoms with Gasteiger partial charge in [-0.25, -0.2) is 17.8 Å². The van der Waals surface area contributed by atoms with Crippen LogP contribution in [0, 0.1) is 5.82 Å². The molecule has 2 N–H and O–H groups in total. The van der Waals surface area contributed by atoms with E-state index in [1.165, 1.54) is 24.3 Å². The van der Waals surface area contributed by atoms with Gasteiger partial charge in [0.05, 0.1) is 15.2 Å². The van der Waals surface area contributed by atoms with Gasteiger partial charge in [-0.05, 0) is 43.5 Å². The number of pyridine rings is 1. The Morgan fingerprint density at radius 3 is 2.65 bits per heavy atom. The molecule has 12 heteroatoms. The number of piperazine rings is 1. The van der Waals surface area contributed by atoms with E-state index in [1.54, 1.807) is 13.2 Å². The molecule has 1 aromatic carbocycles. The highest BCUT2D eigenvalue weighted by Gasteiger charge is 2.37. The van der Waals surface area contributed by atoms with Crippen molar-refractivity contribution in [3.05, 3.63) is 66.1 Å². The maximum Gasteiger partial charge on any atom is 0.256 e. The quantitative estimate of drug-likeness (QED) is 0.502. The highest BCUT2D eigenvalue weighted by Crippen LogP contribution is 2.31. The summed E-state index contributed by atoms with van der Waals surface area (Å²) in [6.07, 6.45) is 7.13. The number of hydrogen-bond acceptors (Lipinski definition) is 8. The van der Waals surface area contributed by atoms with Gasteiger partial charge in [-0.2, -0.15) is 5.10 Å². The zero-order chi connectivity index (χ0) is 26.2. The lowest BCUT2D eigenvalue weighted by molar-refractivity contribution is -0.114. The molecule has 37 heavy (non-hydrogen) atoms. The molecule has 2 aromatic heterocycles. The van der Waals surface area contributed by atoms with Gasteiger partial charge in [0.2, 0.25) is 9.84 Å². The minimum atomic E-state index is -4.03. The average Bonchev–Trinajstić information content (AvgIpc) is 3.31. The van der Waals surface area contributed by atoms with Crippen LogP contribution in [0.5, 0.6) is 0 Å². The lowest BCUT2D eigenvalue weighted by atomic mass is 9.96. The number of sulfone groups is 1. The Bertz CT molecular complexity index is 1510. The maximum atomic E-state index is 13.6. The smallest absolute Gasteiger partial charge is 0.256 e. The summed E-state index contributed by atoms with van der Waals surface area (Å²) in [5, 5.41) is 9.84. The third kappa shape index (κ3) is 4.80. The van der Waals surface area contributed by atoms with Crippen molar-refractivity contribution in [3.63, 3.8) is 0 Å². The van der Waals surface area contributed by atoms with Crippen LogP contribution in [-0.4, -0.2) is 85.4 Å². The topological polar surface area (TPSA) is 121 Å².